The lowest BCUT2D eigenvalue weighted by Crippen LogP contribution is -2.47. The van der Waals surface area contributed by atoms with Crippen molar-refractivity contribution in [3.8, 4) is 0 Å². The van der Waals surface area contributed by atoms with Gasteiger partial charge in [-0.05, 0) is 36.9 Å². The highest BCUT2D eigenvalue weighted by molar-refractivity contribution is 5.78. The molecule has 2 saturated heterocycles. The number of fused-ring (bicyclic) bond motifs is 1. The van der Waals surface area contributed by atoms with Crippen molar-refractivity contribution < 1.29 is 4.79 Å². The summed E-state index contributed by atoms with van der Waals surface area (Å²) < 4.78 is 0. The topological polar surface area (TPSA) is 32.3 Å². The molecule has 2 fully saturated rings. The Bertz CT molecular complexity index is 676. The predicted octanol–water partition coefficient (Wildman–Crippen LogP) is 3.95. The molecule has 2 unspecified atom stereocenters. The molecule has 136 valence electrons. The van der Waals surface area contributed by atoms with E-state index in [2.05, 4.69) is 58.7 Å². The first kappa shape index (κ1) is 17.3. The third-order valence-electron chi connectivity index (χ3n) is 6.00. The van der Waals surface area contributed by atoms with Crippen LogP contribution in [0.1, 0.15) is 49.1 Å². The van der Waals surface area contributed by atoms with E-state index in [1.165, 1.54) is 36.9 Å². The number of hydrogen-bond acceptors (Lipinski definition) is 2. The molecule has 0 saturated carbocycles. The van der Waals surface area contributed by atoms with E-state index in [9.17, 15) is 4.79 Å². The number of rotatable bonds is 5. The standard InChI is InChI=1S/C23H28N2O/c26-23(24-21-14-16-25-15-8-7-13-22(21)25)17-20(18-9-3-1-4-10-18)19-11-5-2-6-12-19/h1-6,9-12,20-22H,7-8,13-17H2,(H,24,26). The van der Waals surface area contributed by atoms with Gasteiger partial charge < -0.3 is 5.32 Å². The van der Waals surface area contributed by atoms with Gasteiger partial charge in [0.15, 0.2) is 0 Å². The van der Waals surface area contributed by atoms with E-state index in [1.54, 1.807) is 0 Å². The zero-order valence-corrected chi connectivity index (χ0v) is 15.3. The molecule has 2 aromatic carbocycles. The Morgan fingerprint density at radius 3 is 2.23 bits per heavy atom. The predicted molar refractivity (Wildman–Crippen MR) is 105 cm³/mol. The van der Waals surface area contributed by atoms with Crippen LogP contribution in [-0.2, 0) is 4.79 Å². The summed E-state index contributed by atoms with van der Waals surface area (Å²) in [6, 6.07) is 21.7. The van der Waals surface area contributed by atoms with Gasteiger partial charge in [0.05, 0.1) is 0 Å². The molecule has 2 aliphatic rings. The molecule has 26 heavy (non-hydrogen) atoms. The Morgan fingerprint density at radius 1 is 0.923 bits per heavy atom. The van der Waals surface area contributed by atoms with Crippen LogP contribution in [0.5, 0.6) is 0 Å². The molecule has 2 atom stereocenters. The third-order valence-corrected chi connectivity index (χ3v) is 6.00. The molecule has 1 N–H and O–H groups in total. The zero-order valence-electron chi connectivity index (χ0n) is 15.3. The van der Waals surface area contributed by atoms with Crippen molar-refractivity contribution in [3.05, 3.63) is 71.8 Å². The lowest BCUT2D eigenvalue weighted by atomic mass is 9.88. The van der Waals surface area contributed by atoms with Crippen molar-refractivity contribution in [2.45, 2.75) is 50.1 Å². The molecule has 2 aromatic rings. The van der Waals surface area contributed by atoms with Crippen LogP contribution in [0.3, 0.4) is 0 Å². The van der Waals surface area contributed by atoms with Gasteiger partial charge in [0, 0.05) is 31.0 Å². The molecule has 2 heterocycles. The second kappa shape index (κ2) is 8.05. The van der Waals surface area contributed by atoms with Gasteiger partial charge in [-0.15, -0.1) is 0 Å². The SMILES string of the molecule is O=C(CC(c1ccccc1)c1ccccc1)NC1CCN2CCCCC12. The Morgan fingerprint density at radius 2 is 1.58 bits per heavy atom. The minimum Gasteiger partial charge on any atom is -0.352 e. The minimum atomic E-state index is 0.112. The largest absolute Gasteiger partial charge is 0.352 e. The maximum atomic E-state index is 12.9. The van der Waals surface area contributed by atoms with Crippen LogP contribution in [0.25, 0.3) is 0 Å². The second-order valence-electron chi connectivity index (χ2n) is 7.64. The zero-order chi connectivity index (χ0) is 17.8. The van der Waals surface area contributed by atoms with Crippen LogP contribution >= 0.6 is 0 Å². The number of amides is 1. The number of hydrogen-bond donors (Lipinski definition) is 1. The number of nitrogens with one attached hydrogen (secondary N) is 1. The average molecular weight is 348 g/mol. The van der Waals surface area contributed by atoms with E-state index < -0.39 is 0 Å². The molecule has 2 aliphatic heterocycles. The monoisotopic (exact) mass is 348 g/mol. The molecule has 1 amide bonds. The summed E-state index contributed by atoms with van der Waals surface area (Å²) in [4.78, 5) is 15.5. The van der Waals surface area contributed by atoms with Crippen LogP contribution in [0.2, 0.25) is 0 Å². The van der Waals surface area contributed by atoms with Crippen LogP contribution in [0.15, 0.2) is 60.7 Å². The Balaban J connectivity index is 1.46. The molecule has 4 rings (SSSR count). The van der Waals surface area contributed by atoms with Gasteiger partial charge in [0.2, 0.25) is 5.91 Å². The van der Waals surface area contributed by atoms with Gasteiger partial charge in [-0.2, -0.15) is 0 Å². The first-order valence-corrected chi connectivity index (χ1v) is 9.94. The normalized spacial score (nSPS) is 23.0. The fraction of sp³-hybridized carbons (Fsp3) is 0.435. The highest BCUT2D eigenvalue weighted by atomic mass is 16.1. The van der Waals surface area contributed by atoms with Crippen LogP contribution in [0, 0.1) is 0 Å². The summed E-state index contributed by atoms with van der Waals surface area (Å²) >= 11 is 0. The maximum Gasteiger partial charge on any atom is 0.221 e. The molecule has 3 nitrogen and oxygen atoms in total. The third kappa shape index (κ3) is 3.83. The Labute approximate surface area is 156 Å². The highest BCUT2D eigenvalue weighted by Crippen LogP contribution is 2.30. The fourth-order valence-electron chi connectivity index (χ4n) is 4.67. The summed E-state index contributed by atoms with van der Waals surface area (Å²) in [6.07, 6.45) is 5.44. The fourth-order valence-corrected chi connectivity index (χ4v) is 4.67. The van der Waals surface area contributed by atoms with E-state index in [4.69, 9.17) is 0 Å². The number of carbonyl (C=O) groups excluding carboxylic acids is 1. The lowest BCUT2D eigenvalue weighted by Gasteiger charge is -2.32. The van der Waals surface area contributed by atoms with Gasteiger partial charge in [0.25, 0.3) is 0 Å². The van der Waals surface area contributed by atoms with Crippen LogP contribution in [-0.4, -0.2) is 36.0 Å². The molecule has 0 aromatic heterocycles. The molecular weight excluding hydrogens is 320 g/mol. The highest BCUT2D eigenvalue weighted by Gasteiger charge is 2.36. The van der Waals surface area contributed by atoms with Crippen LogP contribution in [0.4, 0.5) is 0 Å². The molecular formula is C23H28N2O. The summed E-state index contributed by atoms with van der Waals surface area (Å²) in [7, 11) is 0. The van der Waals surface area contributed by atoms with Crippen LogP contribution < -0.4 is 5.32 Å². The van der Waals surface area contributed by atoms with Gasteiger partial charge in [0.1, 0.15) is 0 Å². The summed E-state index contributed by atoms with van der Waals surface area (Å²) in [5, 5.41) is 3.37. The molecule has 0 bridgehead atoms. The van der Waals surface area contributed by atoms with Gasteiger partial charge in [-0.1, -0.05) is 67.1 Å². The summed E-state index contributed by atoms with van der Waals surface area (Å²) in [5.74, 6) is 0.293. The van der Waals surface area contributed by atoms with Gasteiger partial charge >= 0.3 is 0 Å². The number of nitrogens with zero attached hydrogens (tertiary/aromatic N) is 1. The maximum absolute atomic E-state index is 12.9. The number of benzene rings is 2. The summed E-state index contributed by atoms with van der Waals surface area (Å²) in [6.45, 7) is 2.34. The van der Waals surface area contributed by atoms with E-state index in [1.807, 2.05) is 12.1 Å². The smallest absolute Gasteiger partial charge is 0.221 e. The average Bonchev–Trinajstić information content (AvgIpc) is 3.10. The van der Waals surface area contributed by atoms with Crippen molar-refractivity contribution >= 4 is 5.91 Å². The Hall–Kier alpha value is -2.13. The van der Waals surface area contributed by atoms with Crippen molar-refractivity contribution in [1.29, 1.82) is 0 Å². The van der Waals surface area contributed by atoms with Gasteiger partial charge in [-0.25, -0.2) is 0 Å². The first-order chi connectivity index (χ1) is 12.8. The van der Waals surface area contributed by atoms with E-state index in [0.717, 1.165) is 13.0 Å². The van der Waals surface area contributed by atoms with Crippen molar-refractivity contribution in [1.82, 2.24) is 10.2 Å². The molecule has 0 radical (unpaired) electrons. The lowest BCUT2D eigenvalue weighted by molar-refractivity contribution is -0.122. The molecule has 0 aliphatic carbocycles. The Kier molecular flexibility index (Phi) is 5.35. The summed E-state index contributed by atoms with van der Waals surface area (Å²) in [5.41, 5.74) is 2.42. The van der Waals surface area contributed by atoms with Crippen molar-refractivity contribution in [2.24, 2.45) is 0 Å². The first-order valence-electron chi connectivity index (χ1n) is 9.94. The van der Waals surface area contributed by atoms with Gasteiger partial charge in [-0.3, -0.25) is 9.69 Å². The molecule has 3 heteroatoms. The van der Waals surface area contributed by atoms with Crippen molar-refractivity contribution in [2.75, 3.05) is 13.1 Å². The minimum absolute atomic E-state index is 0.112. The molecule has 0 spiro atoms. The number of piperidine rings is 1. The van der Waals surface area contributed by atoms with Crippen molar-refractivity contribution in [3.63, 3.8) is 0 Å². The second-order valence-corrected chi connectivity index (χ2v) is 7.64. The van der Waals surface area contributed by atoms with E-state index in [-0.39, 0.29) is 11.8 Å². The van der Waals surface area contributed by atoms with E-state index >= 15 is 0 Å². The number of carbonyl (C=O) groups is 1. The quantitative estimate of drug-likeness (QED) is 0.887. The van der Waals surface area contributed by atoms with E-state index in [0.29, 0.717) is 18.5 Å².